The van der Waals surface area contributed by atoms with Crippen LogP contribution in [-0.2, 0) is 10.0 Å². The number of imidazole rings is 1. The summed E-state index contributed by atoms with van der Waals surface area (Å²) in [5.41, 5.74) is 0.194. The molecule has 1 aromatic rings. The third kappa shape index (κ3) is 2.17. The number of sulfonamides is 1. The highest BCUT2D eigenvalue weighted by molar-refractivity contribution is 7.89. The normalized spacial score (nSPS) is 27.0. The second-order valence-electron chi connectivity index (χ2n) is 5.29. The van der Waals surface area contributed by atoms with Crippen LogP contribution in [0, 0.1) is 0 Å². The van der Waals surface area contributed by atoms with Gasteiger partial charge in [0.25, 0.3) is 10.0 Å². The minimum absolute atomic E-state index is 0.0276. The Morgan fingerprint density at radius 3 is 2.89 bits per heavy atom. The molecule has 1 saturated heterocycles. The van der Waals surface area contributed by atoms with Gasteiger partial charge in [0, 0.05) is 11.6 Å². The van der Waals surface area contributed by atoms with Gasteiger partial charge in [-0.2, -0.15) is 0 Å². The van der Waals surface area contributed by atoms with Crippen molar-refractivity contribution in [3.05, 3.63) is 12.5 Å². The Morgan fingerprint density at radius 1 is 1.44 bits per heavy atom. The second-order valence-corrected chi connectivity index (χ2v) is 6.97. The van der Waals surface area contributed by atoms with Gasteiger partial charge in [0.15, 0.2) is 5.03 Å². The molecule has 3 N–H and O–H groups in total. The summed E-state index contributed by atoms with van der Waals surface area (Å²) in [4.78, 5) is 6.39. The molecule has 0 amide bonds. The molecule has 0 bridgehead atoms. The zero-order valence-electron chi connectivity index (χ0n) is 10.1. The molecule has 1 aromatic heterocycles. The number of H-pyrrole nitrogens is 1. The van der Waals surface area contributed by atoms with Gasteiger partial charge in [0.2, 0.25) is 0 Å². The first-order chi connectivity index (χ1) is 8.60. The number of aromatic amines is 1. The maximum atomic E-state index is 12.1. The van der Waals surface area contributed by atoms with E-state index in [9.17, 15) is 8.42 Å². The maximum absolute atomic E-state index is 12.1. The summed E-state index contributed by atoms with van der Waals surface area (Å²) in [5.74, 6) is 0. The smallest absolute Gasteiger partial charge is 0.257 e. The van der Waals surface area contributed by atoms with Gasteiger partial charge in [0.1, 0.15) is 0 Å². The standard InChI is InChI=1S/C11H18N4O2S/c16-18(17,10-7-12-8-13-10)15-9-2-5-14-11(6-9)3-1-4-11/h7-9,14-15H,1-6H2,(H,12,13). The van der Waals surface area contributed by atoms with Gasteiger partial charge in [-0.25, -0.2) is 18.1 Å². The fourth-order valence-electron chi connectivity index (χ4n) is 2.92. The van der Waals surface area contributed by atoms with Crippen LogP contribution in [0.4, 0.5) is 0 Å². The average Bonchev–Trinajstić information content (AvgIpc) is 2.80. The van der Waals surface area contributed by atoms with Crippen molar-refractivity contribution >= 4 is 10.0 Å². The second kappa shape index (κ2) is 4.32. The molecule has 7 heteroatoms. The van der Waals surface area contributed by atoms with E-state index >= 15 is 0 Å². The third-order valence-corrected chi connectivity index (χ3v) is 5.47. The molecule has 1 spiro atoms. The largest absolute Gasteiger partial charge is 0.335 e. The highest BCUT2D eigenvalue weighted by Gasteiger charge is 2.41. The summed E-state index contributed by atoms with van der Waals surface area (Å²) in [5, 5.41) is 3.67. The van der Waals surface area contributed by atoms with Gasteiger partial charge in [-0.05, 0) is 38.6 Å². The van der Waals surface area contributed by atoms with Crippen LogP contribution in [0.5, 0.6) is 0 Å². The molecule has 18 heavy (non-hydrogen) atoms. The Morgan fingerprint density at radius 2 is 2.28 bits per heavy atom. The first-order valence-corrected chi connectivity index (χ1v) is 7.84. The molecule has 2 fully saturated rings. The molecule has 1 aliphatic heterocycles. The van der Waals surface area contributed by atoms with Crippen LogP contribution >= 0.6 is 0 Å². The summed E-state index contributed by atoms with van der Waals surface area (Å²) < 4.78 is 26.9. The van der Waals surface area contributed by atoms with Crippen molar-refractivity contribution in [2.45, 2.75) is 48.7 Å². The number of piperidine rings is 1. The summed E-state index contributed by atoms with van der Waals surface area (Å²) >= 11 is 0. The molecule has 1 unspecified atom stereocenters. The van der Waals surface area contributed by atoms with Crippen LogP contribution in [0.2, 0.25) is 0 Å². The number of nitrogens with zero attached hydrogens (tertiary/aromatic N) is 1. The molecule has 2 aliphatic rings. The van der Waals surface area contributed by atoms with Crippen molar-refractivity contribution in [2.75, 3.05) is 6.54 Å². The Kier molecular flexibility index (Phi) is 2.91. The van der Waals surface area contributed by atoms with Gasteiger partial charge in [-0.1, -0.05) is 0 Å². The average molecular weight is 270 g/mol. The van der Waals surface area contributed by atoms with Crippen molar-refractivity contribution in [3.8, 4) is 0 Å². The predicted octanol–water partition coefficient (Wildman–Crippen LogP) is 0.363. The lowest BCUT2D eigenvalue weighted by atomic mass is 9.70. The molecular weight excluding hydrogens is 252 g/mol. The monoisotopic (exact) mass is 270 g/mol. The van der Waals surface area contributed by atoms with Crippen molar-refractivity contribution in [2.24, 2.45) is 0 Å². The van der Waals surface area contributed by atoms with Gasteiger partial charge in [-0.15, -0.1) is 0 Å². The first-order valence-electron chi connectivity index (χ1n) is 6.35. The van der Waals surface area contributed by atoms with E-state index < -0.39 is 10.0 Å². The van der Waals surface area contributed by atoms with E-state index in [1.165, 1.54) is 18.9 Å². The highest BCUT2D eigenvalue weighted by Crippen LogP contribution is 2.38. The zero-order valence-corrected chi connectivity index (χ0v) is 11.0. The van der Waals surface area contributed by atoms with E-state index in [2.05, 4.69) is 20.0 Å². The Balaban J connectivity index is 1.69. The van der Waals surface area contributed by atoms with E-state index in [-0.39, 0.29) is 16.6 Å². The molecular formula is C11H18N4O2S. The predicted molar refractivity (Wildman–Crippen MR) is 66.5 cm³/mol. The van der Waals surface area contributed by atoms with E-state index in [4.69, 9.17) is 0 Å². The number of aromatic nitrogens is 2. The SMILES string of the molecule is O=S(=O)(NC1CCNC2(CCC2)C1)c1cnc[nH]1. The first kappa shape index (κ1) is 12.1. The number of hydrogen-bond acceptors (Lipinski definition) is 4. The third-order valence-electron chi connectivity index (χ3n) is 4.03. The van der Waals surface area contributed by atoms with Crippen LogP contribution in [0.1, 0.15) is 32.1 Å². The van der Waals surface area contributed by atoms with Gasteiger partial charge < -0.3 is 10.3 Å². The zero-order chi connectivity index (χ0) is 12.6. The fraction of sp³-hybridized carbons (Fsp3) is 0.727. The molecule has 0 aromatic carbocycles. The number of nitrogens with one attached hydrogen (secondary N) is 3. The number of rotatable bonds is 3. The fourth-order valence-corrected chi connectivity index (χ4v) is 4.09. The lowest BCUT2D eigenvalue weighted by Gasteiger charge is -2.48. The molecule has 100 valence electrons. The topological polar surface area (TPSA) is 86.9 Å². The Bertz CT molecular complexity index is 507. The summed E-state index contributed by atoms with van der Waals surface area (Å²) in [6.07, 6.45) is 8.01. The van der Waals surface area contributed by atoms with Gasteiger partial charge in [0.05, 0.1) is 12.5 Å². The van der Waals surface area contributed by atoms with Crippen molar-refractivity contribution in [1.82, 2.24) is 20.0 Å². The lowest BCUT2D eigenvalue weighted by Crippen LogP contribution is -2.59. The molecule has 6 nitrogen and oxygen atoms in total. The van der Waals surface area contributed by atoms with Crippen LogP contribution in [0.25, 0.3) is 0 Å². The van der Waals surface area contributed by atoms with E-state index in [1.54, 1.807) is 0 Å². The van der Waals surface area contributed by atoms with Crippen molar-refractivity contribution in [3.63, 3.8) is 0 Å². The lowest BCUT2D eigenvalue weighted by molar-refractivity contribution is 0.126. The highest BCUT2D eigenvalue weighted by atomic mass is 32.2. The van der Waals surface area contributed by atoms with Gasteiger partial charge in [-0.3, -0.25) is 0 Å². The molecule has 1 atom stereocenters. The summed E-state index contributed by atoms with van der Waals surface area (Å²) in [7, 11) is -3.45. The van der Waals surface area contributed by atoms with E-state index in [0.29, 0.717) is 0 Å². The van der Waals surface area contributed by atoms with E-state index in [1.807, 2.05) is 0 Å². The molecule has 3 rings (SSSR count). The molecule has 1 saturated carbocycles. The number of hydrogen-bond donors (Lipinski definition) is 3. The quantitative estimate of drug-likeness (QED) is 0.740. The maximum Gasteiger partial charge on any atom is 0.257 e. The molecule has 2 heterocycles. The van der Waals surface area contributed by atoms with Crippen LogP contribution in [0.15, 0.2) is 17.6 Å². The molecule has 1 aliphatic carbocycles. The van der Waals surface area contributed by atoms with Crippen LogP contribution in [-0.4, -0.2) is 36.5 Å². The minimum atomic E-state index is -3.45. The minimum Gasteiger partial charge on any atom is -0.335 e. The summed E-state index contributed by atoms with van der Waals surface area (Å²) in [6, 6.07) is 0.0276. The van der Waals surface area contributed by atoms with E-state index in [0.717, 1.165) is 32.2 Å². The van der Waals surface area contributed by atoms with Crippen LogP contribution in [0.3, 0.4) is 0 Å². The Labute approximate surface area is 107 Å². The van der Waals surface area contributed by atoms with Crippen molar-refractivity contribution in [1.29, 1.82) is 0 Å². The summed E-state index contributed by atoms with van der Waals surface area (Å²) in [6.45, 7) is 0.885. The van der Waals surface area contributed by atoms with Crippen LogP contribution < -0.4 is 10.0 Å². The van der Waals surface area contributed by atoms with Gasteiger partial charge >= 0.3 is 0 Å². The molecule has 0 radical (unpaired) electrons. The Hall–Kier alpha value is -0.920. The van der Waals surface area contributed by atoms with Crippen molar-refractivity contribution < 1.29 is 8.42 Å².